The average molecular weight is 465 g/mol. The topological polar surface area (TPSA) is 217 Å². The molecule has 1 unspecified atom stereocenters. The Morgan fingerprint density at radius 2 is 2.06 bits per heavy atom. The molecule has 1 aromatic carbocycles. The predicted octanol–water partition coefficient (Wildman–Crippen LogP) is -1.47. The van der Waals surface area contributed by atoms with Gasteiger partial charge in [0.05, 0.1) is 12.5 Å². The molecule has 0 radical (unpaired) electrons. The van der Waals surface area contributed by atoms with Crippen molar-refractivity contribution in [1.82, 2.24) is 10.3 Å². The van der Waals surface area contributed by atoms with Crippen LogP contribution in [0.2, 0.25) is 0 Å². The summed E-state index contributed by atoms with van der Waals surface area (Å²) in [6, 6.07) is 3.92. The summed E-state index contributed by atoms with van der Waals surface area (Å²) < 4.78 is 0. The Bertz CT molecular complexity index is 1030. The van der Waals surface area contributed by atoms with Crippen molar-refractivity contribution < 1.29 is 39.5 Å². The lowest BCUT2D eigenvalue weighted by atomic mass is 9.75. The number of aromatic nitrogens is 1. The number of para-hydroxylation sites is 1. The molecule has 0 aliphatic heterocycles. The number of aromatic carboxylic acids is 1. The van der Waals surface area contributed by atoms with Gasteiger partial charge < -0.3 is 41.5 Å². The van der Waals surface area contributed by atoms with Crippen molar-refractivity contribution in [3.8, 4) is 5.75 Å². The Labute approximate surface area is 185 Å². The summed E-state index contributed by atoms with van der Waals surface area (Å²) in [4.78, 5) is 44.0. The number of nitrogens with two attached hydrogens (primary N) is 1. The normalized spacial score (nSPS) is 12.1. The van der Waals surface area contributed by atoms with Gasteiger partial charge in [0.2, 0.25) is 5.91 Å². The van der Waals surface area contributed by atoms with Gasteiger partial charge in [0.1, 0.15) is 24.1 Å². The van der Waals surface area contributed by atoms with Crippen LogP contribution >= 0.6 is 11.3 Å². The fourth-order valence-electron chi connectivity index (χ4n) is 2.54. The summed E-state index contributed by atoms with van der Waals surface area (Å²) in [7, 11) is -0.879. The summed E-state index contributed by atoms with van der Waals surface area (Å²) >= 11 is 0.996. The van der Waals surface area contributed by atoms with E-state index in [9.17, 15) is 29.5 Å². The average Bonchev–Trinajstić information content (AvgIpc) is 3.20. The Balaban J connectivity index is 2.24. The number of anilines is 1. The van der Waals surface area contributed by atoms with Gasteiger partial charge in [-0.1, -0.05) is 17.3 Å². The number of phenols is 1. The maximum absolute atomic E-state index is 12.7. The Morgan fingerprint density at radius 1 is 1.34 bits per heavy atom. The maximum Gasteiger partial charge on any atom is 0.475 e. The molecular formula is C17H20BN5O8S. The molecule has 0 aliphatic carbocycles. The lowest BCUT2D eigenvalue weighted by Gasteiger charge is -2.19. The van der Waals surface area contributed by atoms with Gasteiger partial charge in [-0.2, -0.15) is 0 Å². The van der Waals surface area contributed by atoms with Crippen LogP contribution in [0.15, 0.2) is 28.7 Å². The van der Waals surface area contributed by atoms with Crippen LogP contribution in [0.25, 0.3) is 0 Å². The predicted molar refractivity (Wildman–Crippen MR) is 114 cm³/mol. The zero-order chi connectivity index (χ0) is 23.8. The molecule has 2 aromatic rings. The second-order valence-electron chi connectivity index (χ2n) is 6.23. The van der Waals surface area contributed by atoms with E-state index in [2.05, 4.69) is 25.6 Å². The van der Waals surface area contributed by atoms with Gasteiger partial charge in [0, 0.05) is 5.38 Å². The second-order valence-corrected chi connectivity index (χ2v) is 7.09. The number of hydrogen-bond acceptors (Lipinski definition) is 11. The molecule has 170 valence electrons. The van der Waals surface area contributed by atoms with Crippen LogP contribution in [-0.4, -0.2) is 75.5 Å². The molecule has 2 amide bonds. The third-order valence-corrected chi connectivity index (χ3v) is 4.80. The molecule has 0 fully saturated rings. The van der Waals surface area contributed by atoms with Crippen LogP contribution in [0, 0.1) is 0 Å². The number of aromatic hydroxyl groups is 1. The molecule has 13 nitrogen and oxygen atoms in total. The first-order chi connectivity index (χ1) is 15.2. The monoisotopic (exact) mass is 465 g/mol. The number of thiazole rings is 1. The fraction of sp³-hybridized carbons (Fsp3) is 0.235. The number of nitrogens with one attached hydrogen (secondary N) is 2. The van der Waals surface area contributed by atoms with E-state index in [0.717, 1.165) is 11.3 Å². The van der Waals surface area contributed by atoms with Crippen molar-refractivity contribution in [1.29, 1.82) is 0 Å². The molecule has 0 saturated heterocycles. The smallest absolute Gasteiger partial charge is 0.475 e. The zero-order valence-corrected chi connectivity index (χ0v) is 17.5. The highest BCUT2D eigenvalue weighted by atomic mass is 32.1. The number of nitrogens with zero attached hydrogens (tertiary/aromatic N) is 2. The van der Waals surface area contributed by atoms with Crippen LogP contribution in [0.1, 0.15) is 21.6 Å². The molecule has 8 N–H and O–H groups in total. The number of carboxylic acid groups (broad SMARTS) is 1. The van der Waals surface area contributed by atoms with Gasteiger partial charge in [0.15, 0.2) is 10.8 Å². The van der Waals surface area contributed by atoms with Crippen molar-refractivity contribution in [2.24, 2.45) is 10.9 Å². The number of benzene rings is 1. The minimum absolute atomic E-state index is 0.0311. The highest BCUT2D eigenvalue weighted by Crippen LogP contribution is 2.24. The van der Waals surface area contributed by atoms with E-state index in [1.54, 1.807) is 0 Å². The van der Waals surface area contributed by atoms with Gasteiger partial charge in [0.25, 0.3) is 5.91 Å². The summed E-state index contributed by atoms with van der Waals surface area (Å²) in [5, 5.41) is 48.6. The second kappa shape index (κ2) is 11.2. The Kier molecular flexibility index (Phi) is 8.66. The van der Waals surface area contributed by atoms with E-state index >= 15 is 0 Å². The van der Waals surface area contributed by atoms with E-state index in [-0.39, 0.29) is 40.6 Å². The molecule has 32 heavy (non-hydrogen) atoms. The molecule has 1 aromatic heterocycles. The minimum atomic E-state index is -2.06. The molecule has 0 saturated carbocycles. The maximum atomic E-state index is 12.7. The fourth-order valence-corrected chi connectivity index (χ4v) is 3.25. The number of carboxylic acids is 1. The lowest BCUT2D eigenvalue weighted by Crippen LogP contribution is -2.50. The highest BCUT2D eigenvalue weighted by Gasteiger charge is 2.30. The summed E-state index contributed by atoms with van der Waals surface area (Å²) in [6.07, 6.45) is -0.314. The number of rotatable bonds is 10. The van der Waals surface area contributed by atoms with E-state index in [1.807, 2.05) is 0 Å². The van der Waals surface area contributed by atoms with Crippen molar-refractivity contribution in [3.63, 3.8) is 0 Å². The zero-order valence-electron chi connectivity index (χ0n) is 16.7. The Hall–Kier alpha value is -3.53. The molecule has 0 bridgehead atoms. The van der Waals surface area contributed by atoms with E-state index in [4.69, 9.17) is 10.8 Å². The van der Waals surface area contributed by atoms with Crippen molar-refractivity contribution in [2.45, 2.75) is 12.4 Å². The van der Waals surface area contributed by atoms with E-state index < -0.39 is 36.6 Å². The third-order valence-electron chi connectivity index (χ3n) is 4.04. The van der Waals surface area contributed by atoms with Crippen molar-refractivity contribution in [3.05, 3.63) is 40.4 Å². The van der Waals surface area contributed by atoms with E-state index in [1.165, 1.54) is 30.7 Å². The molecule has 2 rings (SSSR count). The number of oxime groups is 1. The van der Waals surface area contributed by atoms with E-state index in [0.29, 0.717) is 0 Å². The van der Waals surface area contributed by atoms with Gasteiger partial charge in [-0.15, -0.1) is 11.3 Å². The van der Waals surface area contributed by atoms with Crippen LogP contribution in [0.3, 0.4) is 0 Å². The highest BCUT2D eigenvalue weighted by molar-refractivity contribution is 7.14. The number of amides is 2. The van der Waals surface area contributed by atoms with Crippen LogP contribution < -0.4 is 16.4 Å². The summed E-state index contributed by atoms with van der Waals surface area (Å²) in [5.74, 6) is -4.68. The summed E-state index contributed by atoms with van der Waals surface area (Å²) in [5.41, 5.74) is 4.61. The minimum Gasteiger partial charge on any atom is -0.507 e. The van der Waals surface area contributed by atoms with Crippen molar-refractivity contribution in [2.75, 3.05) is 19.0 Å². The van der Waals surface area contributed by atoms with Gasteiger partial charge in [-0.25, -0.2) is 9.78 Å². The largest absolute Gasteiger partial charge is 0.507 e. The van der Waals surface area contributed by atoms with Gasteiger partial charge in [-0.3, -0.25) is 9.59 Å². The van der Waals surface area contributed by atoms with Crippen molar-refractivity contribution >= 4 is 47.1 Å². The molecule has 0 spiro atoms. The van der Waals surface area contributed by atoms with Crippen LogP contribution in [0.5, 0.6) is 5.75 Å². The first kappa shape index (κ1) is 24.7. The first-order valence-electron chi connectivity index (χ1n) is 8.96. The number of carbonyl (C=O) groups excluding carboxylic acids is 2. The Morgan fingerprint density at radius 3 is 2.66 bits per heavy atom. The number of hydrogen-bond donors (Lipinski definition) is 7. The molecule has 15 heteroatoms. The first-order valence-corrected chi connectivity index (χ1v) is 9.84. The molecular weight excluding hydrogens is 445 g/mol. The molecule has 1 heterocycles. The van der Waals surface area contributed by atoms with Gasteiger partial charge in [-0.05, 0) is 18.1 Å². The summed E-state index contributed by atoms with van der Waals surface area (Å²) in [6.45, 7) is -0.263. The SMILES string of the molecule is CO/N=C(\C(=O)NC(Cc1cccc(C(=O)O)c1O)B(O)O)c1csc(NC(=O)CN)n1. The molecule has 1 atom stereocenters. The lowest BCUT2D eigenvalue weighted by molar-refractivity contribution is -0.115. The standard InChI is InChI=1S/C17H20BN5O8S/c1-31-23-13(10-7-32-17(20-10)22-12(24)6-19)15(26)21-11(18(29)30)5-8-3-2-4-9(14(8)25)16(27)28/h2-4,7,11,25,29-30H,5-6,19H2,1H3,(H,21,26)(H,27,28)(H,20,22,24)/b23-13-. The van der Waals surface area contributed by atoms with Crippen LogP contribution in [0.4, 0.5) is 5.13 Å². The van der Waals surface area contributed by atoms with Gasteiger partial charge >= 0.3 is 13.1 Å². The third kappa shape index (κ3) is 6.24. The molecule has 0 aliphatic rings. The quantitative estimate of drug-likeness (QED) is 0.123. The number of carbonyl (C=O) groups is 3. The van der Waals surface area contributed by atoms with Crippen LogP contribution in [-0.2, 0) is 20.8 Å².